The third-order valence-electron chi connectivity index (χ3n) is 2.53. The molecule has 0 aliphatic carbocycles. The van der Waals surface area contributed by atoms with Crippen molar-refractivity contribution < 1.29 is 4.74 Å². The molecule has 2 rings (SSSR count). The van der Waals surface area contributed by atoms with Crippen LogP contribution in [0.3, 0.4) is 0 Å². The number of halogens is 2. The molecule has 2 N–H and O–H groups in total. The maximum atomic E-state index is 5.71. The molecule has 1 heterocycles. The summed E-state index contributed by atoms with van der Waals surface area (Å²) in [6, 6.07) is 9.80. The van der Waals surface area contributed by atoms with Gasteiger partial charge in [-0.3, -0.25) is 4.98 Å². The van der Waals surface area contributed by atoms with Crippen molar-refractivity contribution in [1.82, 2.24) is 4.98 Å². The topological polar surface area (TPSA) is 48.1 Å². The van der Waals surface area contributed by atoms with Crippen LogP contribution < -0.4 is 10.5 Å². The van der Waals surface area contributed by atoms with Gasteiger partial charge in [0.2, 0.25) is 0 Å². The van der Waals surface area contributed by atoms with Gasteiger partial charge in [0.15, 0.2) is 0 Å². The molecule has 0 spiro atoms. The fourth-order valence-corrected chi connectivity index (χ4v) is 1.71. The minimum atomic E-state index is 0. The Bertz CT molecular complexity index is 446. The Hall–Kier alpha value is -1.29. The van der Waals surface area contributed by atoms with Crippen molar-refractivity contribution in [1.29, 1.82) is 0 Å². The van der Waals surface area contributed by atoms with E-state index in [2.05, 4.69) is 4.98 Å². The minimum absolute atomic E-state index is 0. The molecule has 98 valence electrons. The fraction of sp³-hybridized carbons (Fsp3) is 0.154. The molecule has 1 aromatic carbocycles. The molecule has 0 aliphatic heterocycles. The number of hydrogen-bond acceptors (Lipinski definition) is 3. The van der Waals surface area contributed by atoms with E-state index in [1.807, 2.05) is 36.5 Å². The summed E-state index contributed by atoms with van der Waals surface area (Å²) < 4.78 is 5.33. The zero-order chi connectivity index (χ0) is 11.4. The van der Waals surface area contributed by atoms with Gasteiger partial charge in [-0.15, -0.1) is 24.8 Å². The summed E-state index contributed by atoms with van der Waals surface area (Å²) in [5.74, 6) is 0.838. The molecular formula is C13H16Cl2N2O. The van der Waals surface area contributed by atoms with Crippen LogP contribution in [0.25, 0.3) is 11.1 Å². The Morgan fingerprint density at radius 1 is 1.11 bits per heavy atom. The fourth-order valence-electron chi connectivity index (χ4n) is 1.71. The van der Waals surface area contributed by atoms with E-state index in [1.165, 1.54) is 0 Å². The molecule has 0 radical (unpaired) electrons. The van der Waals surface area contributed by atoms with Crippen molar-refractivity contribution >= 4 is 24.8 Å². The zero-order valence-electron chi connectivity index (χ0n) is 10.00. The predicted octanol–water partition coefficient (Wildman–Crippen LogP) is 3.06. The molecule has 0 amide bonds. The summed E-state index contributed by atoms with van der Waals surface area (Å²) in [6.45, 7) is 0.496. The molecule has 2 aromatic rings. The van der Waals surface area contributed by atoms with Gasteiger partial charge in [-0.25, -0.2) is 0 Å². The Balaban J connectivity index is 0.00000144. The number of methoxy groups -OCH3 is 1. The van der Waals surface area contributed by atoms with Gasteiger partial charge in [0.05, 0.1) is 7.11 Å². The first-order valence-electron chi connectivity index (χ1n) is 5.13. The molecule has 3 nitrogen and oxygen atoms in total. The summed E-state index contributed by atoms with van der Waals surface area (Å²) in [5, 5.41) is 0. The number of benzene rings is 1. The van der Waals surface area contributed by atoms with Crippen molar-refractivity contribution in [2.45, 2.75) is 6.54 Å². The van der Waals surface area contributed by atoms with E-state index >= 15 is 0 Å². The molecule has 0 unspecified atom stereocenters. The lowest BCUT2D eigenvalue weighted by Crippen LogP contribution is -2.00. The number of rotatable bonds is 3. The van der Waals surface area contributed by atoms with Crippen molar-refractivity contribution in [2.75, 3.05) is 7.11 Å². The molecule has 0 bridgehead atoms. The van der Waals surface area contributed by atoms with Crippen LogP contribution in [0.2, 0.25) is 0 Å². The first-order valence-corrected chi connectivity index (χ1v) is 5.13. The minimum Gasteiger partial charge on any atom is -0.496 e. The average molecular weight is 287 g/mol. The molecule has 0 fully saturated rings. The number of nitrogens with two attached hydrogens (primary N) is 1. The smallest absolute Gasteiger partial charge is 0.126 e. The molecular weight excluding hydrogens is 271 g/mol. The highest BCUT2D eigenvalue weighted by Gasteiger charge is 2.08. The summed E-state index contributed by atoms with van der Waals surface area (Å²) >= 11 is 0. The summed E-state index contributed by atoms with van der Waals surface area (Å²) in [7, 11) is 1.66. The van der Waals surface area contributed by atoms with Crippen LogP contribution in [0.4, 0.5) is 0 Å². The standard InChI is InChI=1S/C13H14N2O.2ClH/c1-16-13-5-3-2-4-11(13)12-9-15-7-6-10(12)8-14;;/h2-7,9H,8,14H2,1H3;2*1H. The van der Waals surface area contributed by atoms with Crippen molar-refractivity contribution in [3.63, 3.8) is 0 Å². The normalized spacial score (nSPS) is 9.00. The lowest BCUT2D eigenvalue weighted by Gasteiger charge is -2.11. The van der Waals surface area contributed by atoms with Crippen molar-refractivity contribution in [3.05, 3.63) is 48.3 Å². The molecule has 0 saturated heterocycles. The van der Waals surface area contributed by atoms with Crippen LogP contribution in [0.5, 0.6) is 5.75 Å². The second-order valence-corrected chi connectivity index (χ2v) is 3.44. The summed E-state index contributed by atoms with van der Waals surface area (Å²) in [6.07, 6.45) is 3.57. The van der Waals surface area contributed by atoms with Gasteiger partial charge in [0, 0.05) is 30.1 Å². The van der Waals surface area contributed by atoms with E-state index in [9.17, 15) is 0 Å². The van der Waals surface area contributed by atoms with E-state index in [0.717, 1.165) is 22.4 Å². The van der Waals surface area contributed by atoms with Gasteiger partial charge in [-0.1, -0.05) is 18.2 Å². The highest BCUT2D eigenvalue weighted by molar-refractivity contribution is 5.85. The molecule has 0 atom stereocenters. The van der Waals surface area contributed by atoms with Crippen LogP contribution in [-0.4, -0.2) is 12.1 Å². The number of ether oxygens (including phenoxy) is 1. The van der Waals surface area contributed by atoms with Crippen molar-refractivity contribution in [2.24, 2.45) is 5.73 Å². The van der Waals surface area contributed by atoms with Crippen LogP contribution in [0.15, 0.2) is 42.7 Å². The number of para-hydroxylation sites is 1. The van der Waals surface area contributed by atoms with Gasteiger partial charge in [0.1, 0.15) is 5.75 Å². The van der Waals surface area contributed by atoms with Crippen LogP contribution in [0, 0.1) is 0 Å². The number of hydrogen-bond donors (Lipinski definition) is 1. The van der Waals surface area contributed by atoms with E-state index in [-0.39, 0.29) is 24.8 Å². The Labute approximate surface area is 119 Å². The first kappa shape index (κ1) is 16.7. The molecule has 1 aromatic heterocycles. The van der Waals surface area contributed by atoms with Crippen LogP contribution in [-0.2, 0) is 6.54 Å². The van der Waals surface area contributed by atoms with Crippen LogP contribution >= 0.6 is 24.8 Å². The van der Waals surface area contributed by atoms with E-state index in [1.54, 1.807) is 13.3 Å². The Morgan fingerprint density at radius 3 is 2.50 bits per heavy atom. The summed E-state index contributed by atoms with van der Waals surface area (Å²) in [5.41, 5.74) is 8.84. The maximum Gasteiger partial charge on any atom is 0.126 e. The van der Waals surface area contributed by atoms with Gasteiger partial charge >= 0.3 is 0 Å². The second-order valence-electron chi connectivity index (χ2n) is 3.44. The van der Waals surface area contributed by atoms with Crippen LogP contribution in [0.1, 0.15) is 5.56 Å². The first-order chi connectivity index (χ1) is 7.86. The molecule has 0 saturated carbocycles. The molecule has 18 heavy (non-hydrogen) atoms. The quantitative estimate of drug-likeness (QED) is 0.943. The van der Waals surface area contributed by atoms with E-state index in [0.29, 0.717) is 6.54 Å². The Morgan fingerprint density at radius 2 is 1.83 bits per heavy atom. The number of nitrogens with zero attached hydrogens (tertiary/aromatic N) is 1. The number of pyridine rings is 1. The molecule has 0 aliphatic rings. The average Bonchev–Trinajstić information content (AvgIpc) is 2.38. The van der Waals surface area contributed by atoms with Gasteiger partial charge in [0.25, 0.3) is 0 Å². The lowest BCUT2D eigenvalue weighted by molar-refractivity contribution is 0.416. The van der Waals surface area contributed by atoms with Crippen molar-refractivity contribution in [3.8, 4) is 16.9 Å². The SMILES string of the molecule is COc1ccccc1-c1cnccc1CN.Cl.Cl. The van der Waals surface area contributed by atoms with E-state index in [4.69, 9.17) is 10.5 Å². The highest BCUT2D eigenvalue weighted by atomic mass is 35.5. The number of aromatic nitrogens is 1. The second kappa shape index (κ2) is 7.93. The van der Waals surface area contributed by atoms with Gasteiger partial charge < -0.3 is 10.5 Å². The molecule has 5 heteroatoms. The highest BCUT2D eigenvalue weighted by Crippen LogP contribution is 2.31. The predicted molar refractivity (Wildman–Crippen MR) is 78.6 cm³/mol. The monoisotopic (exact) mass is 286 g/mol. The lowest BCUT2D eigenvalue weighted by atomic mass is 10.0. The summed E-state index contributed by atoms with van der Waals surface area (Å²) in [4.78, 5) is 4.13. The third kappa shape index (κ3) is 3.35. The largest absolute Gasteiger partial charge is 0.496 e. The Kier molecular flexibility index (Phi) is 7.36. The van der Waals surface area contributed by atoms with E-state index < -0.39 is 0 Å². The van der Waals surface area contributed by atoms with Gasteiger partial charge in [-0.2, -0.15) is 0 Å². The third-order valence-corrected chi connectivity index (χ3v) is 2.53. The maximum absolute atomic E-state index is 5.71. The zero-order valence-corrected chi connectivity index (χ0v) is 11.6. The van der Waals surface area contributed by atoms with Gasteiger partial charge in [-0.05, 0) is 17.7 Å².